The second kappa shape index (κ2) is 7.15. The fourth-order valence-electron chi connectivity index (χ4n) is 3.82. The molecule has 1 amide bonds. The van der Waals surface area contributed by atoms with Gasteiger partial charge in [0, 0.05) is 37.8 Å². The minimum absolute atomic E-state index is 0.114. The lowest BCUT2D eigenvalue weighted by Gasteiger charge is -2.38. The molecule has 2 heterocycles. The first-order valence-corrected chi connectivity index (χ1v) is 8.58. The van der Waals surface area contributed by atoms with Crippen molar-refractivity contribution in [2.75, 3.05) is 26.2 Å². The van der Waals surface area contributed by atoms with Gasteiger partial charge in [0.2, 0.25) is 0 Å². The first kappa shape index (κ1) is 17.3. The van der Waals surface area contributed by atoms with Crippen molar-refractivity contribution in [3.8, 4) is 0 Å². The molecule has 0 N–H and O–H groups in total. The van der Waals surface area contributed by atoms with Crippen molar-refractivity contribution in [3.05, 3.63) is 35.4 Å². The Bertz CT molecular complexity index is 601. The Balaban J connectivity index is 1.68. The van der Waals surface area contributed by atoms with E-state index in [4.69, 9.17) is 4.74 Å². The SMILES string of the molecule is C[C@@H]1CN(C[C@H]2CCCN2C(=O)c2ccc(F)c(F)c2)C[C@@H](C)O1. The summed E-state index contributed by atoms with van der Waals surface area (Å²) < 4.78 is 32.2. The van der Waals surface area contributed by atoms with Gasteiger partial charge in [-0.3, -0.25) is 9.69 Å². The predicted molar refractivity (Wildman–Crippen MR) is 86.9 cm³/mol. The van der Waals surface area contributed by atoms with Crippen LogP contribution in [0.2, 0.25) is 0 Å². The molecule has 2 aliphatic heterocycles. The van der Waals surface area contributed by atoms with Crippen LogP contribution in [0.5, 0.6) is 0 Å². The van der Waals surface area contributed by atoms with Gasteiger partial charge in [-0.15, -0.1) is 0 Å². The highest BCUT2D eigenvalue weighted by molar-refractivity contribution is 5.94. The highest BCUT2D eigenvalue weighted by Crippen LogP contribution is 2.23. The molecule has 3 rings (SSSR count). The van der Waals surface area contributed by atoms with E-state index in [-0.39, 0.29) is 29.7 Å². The Morgan fingerprint density at radius 2 is 1.92 bits per heavy atom. The summed E-state index contributed by atoms with van der Waals surface area (Å²) in [4.78, 5) is 16.8. The van der Waals surface area contributed by atoms with Crippen LogP contribution in [-0.4, -0.2) is 60.1 Å². The van der Waals surface area contributed by atoms with Gasteiger partial charge in [-0.25, -0.2) is 8.78 Å². The summed E-state index contributed by atoms with van der Waals surface area (Å²) in [6.07, 6.45) is 2.25. The molecule has 3 atom stereocenters. The van der Waals surface area contributed by atoms with Gasteiger partial charge in [-0.05, 0) is 44.9 Å². The molecule has 1 aromatic rings. The molecule has 2 fully saturated rings. The molecule has 132 valence electrons. The molecule has 0 aliphatic carbocycles. The number of hydrogen-bond acceptors (Lipinski definition) is 3. The number of amides is 1. The zero-order valence-electron chi connectivity index (χ0n) is 14.2. The van der Waals surface area contributed by atoms with Crippen LogP contribution in [0, 0.1) is 11.6 Å². The fraction of sp³-hybridized carbons (Fsp3) is 0.611. The minimum atomic E-state index is -0.979. The predicted octanol–water partition coefficient (Wildman–Crippen LogP) is 2.68. The molecule has 0 saturated carbocycles. The summed E-state index contributed by atoms with van der Waals surface area (Å²) in [5.74, 6) is -2.13. The Hall–Kier alpha value is -1.53. The number of carbonyl (C=O) groups is 1. The molecule has 0 bridgehead atoms. The fourth-order valence-corrected chi connectivity index (χ4v) is 3.82. The van der Waals surface area contributed by atoms with E-state index in [1.807, 2.05) is 0 Å². The van der Waals surface area contributed by atoms with Crippen molar-refractivity contribution in [2.45, 2.75) is 44.9 Å². The van der Waals surface area contributed by atoms with Crippen molar-refractivity contribution < 1.29 is 18.3 Å². The molecule has 0 radical (unpaired) electrons. The monoisotopic (exact) mass is 338 g/mol. The minimum Gasteiger partial charge on any atom is -0.373 e. The number of likely N-dealkylation sites (tertiary alicyclic amines) is 1. The molecule has 4 nitrogen and oxygen atoms in total. The van der Waals surface area contributed by atoms with Gasteiger partial charge < -0.3 is 9.64 Å². The van der Waals surface area contributed by atoms with Crippen molar-refractivity contribution in [1.29, 1.82) is 0 Å². The molecule has 6 heteroatoms. The summed E-state index contributed by atoms with van der Waals surface area (Å²) in [5, 5.41) is 0. The average Bonchev–Trinajstić information content (AvgIpc) is 2.96. The van der Waals surface area contributed by atoms with Gasteiger partial charge >= 0.3 is 0 Å². The second-order valence-corrected chi connectivity index (χ2v) is 6.90. The number of morpholine rings is 1. The lowest BCUT2D eigenvalue weighted by molar-refractivity contribution is -0.0715. The van der Waals surface area contributed by atoms with Crippen molar-refractivity contribution in [3.63, 3.8) is 0 Å². The molecule has 0 aromatic heterocycles. The van der Waals surface area contributed by atoms with Crippen LogP contribution in [-0.2, 0) is 4.74 Å². The molecule has 0 spiro atoms. The maximum Gasteiger partial charge on any atom is 0.254 e. The molecular formula is C18H24F2N2O2. The summed E-state index contributed by atoms with van der Waals surface area (Å²) in [7, 11) is 0. The van der Waals surface area contributed by atoms with Crippen LogP contribution in [0.25, 0.3) is 0 Å². The number of benzene rings is 1. The lowest BCUT2D eigenvalue weighted by Crippen LogP contribution is -2.50. The van der Waals surface area contributed by atoms with E-state index in [2.05, 4.69) is 18.7 Å². The van der Waals surface area contributed by atoms with Gasteiger partial charge in [0.1, 0.15) is 0 Å². The number of nitrogens with zero attached hydrogens (tertiary/aromatic N) is 2. The molecule has 2 aliphatic rings. The topological polar surface area (TPSA) is 32.8 Å². The summed E-state index contributed by atoms with van der Waals surface area (Å²) in [6, 6.07) is 3.48. The van der Waals surface area contributed by atoms with Gasteiger partial charge in [0.25, 0.3) is 5.91 Å². The number of hydrogen-bond donors (Lipinski definition) is 0. The van der Waals surface area contributed by atoms with Crippen molar-refractivity contribution in [1.82, 2.24) is 9.80 Å². The molecular weight excluding hydrogens is 314 g/mol. The normalized spacial score (nSPS) is 28.3. The number of carbonyl (C=O) groups excluding carboxylic acids is 1. The second-order valence-electron chi connectivity index (χ2n) is 6.90. The number of halogens is 2. The van der Waals surface area contributed by atoms with Crippen LogP contribution in [0.3, 0.4) is 0 Å². The zero-order valence-corrected chi connectivity index (χ0v) is 14.2. The Morgan fingerprint density at radius 1 is 1.21 bits per heavy atom. The molecule has 24 heavy (non-hydrogen) atoms. The number of ether oxygens (including phenoxy) is 1. The van der Waals surface area contributed by atoms with Crippen LogP contribution in [0.4, 0.5) is 8.78 Å². The summed E-state index contributed by atoms with van der Waals surface area (Å²) in [6.45, 7) is 7.29. The van der Waals surface area contributed by atoms with E-state index in [1.165, 1.54) is 6.07 Å². The third-order valence-electron chi connectivity index (χ3n) is 4.77. The highest BCUT2D eigenvalue weighted by Gasteiger charge is 2.33. The van der Waals surface area contributed by atoms with Gasteiger partial charge in [0.05, 0.1) is 12.2 Å². The quantitative estimate of drug-likeness (QED) is 0.849. The highest BCUT2D eigenvalue weighted by atomic mass is 19.2. The number of rotatable bonds is 3. The standard InChI is InChI=1S/C18H24F2N2O2/c1-12-9-21(10-13(2)24-12)11-15-4-3-7-22(15)18(23)14-5-6-16(19)17(20)8-14/h5-6,8,12-13,15H,3-4,7,9-11H2,1-2H3/t12-,13-,15-/m1/s1. The summed E-state index contributed by atoms with van der Waals surface area (Å²) >= 11 is 0. The van der Waals surface area contributed by atoms with Crippen LogP contribution < -0.4 is 0 Å². The van der Waals surface area contributed by atoms with Crippen LogP contribution >= 0.6 is 0 Å². The van der Waals surface area contributed by atoms with E-state index in [0.717, 1.165) is 44.6 Å². The van der Waals surface area contributed by atoms with Gasteiger partial charge in [-0.1, -0.05) is 0 Å². The third kappa shape index (κ3) is 3.75. The maximum atomic E-state index is 13.4. The van der Waals surface area contributed by atoms with Crippen LogP contribution in [0.1, 0.15) is 37.0 Å². The van der Waals surface area contributed by atoms with Crippen molar-refractivity contribution >= 4 is 5.91 Å². The Kier molecular flexibility index (Phi) is 5.15. The summed E-state index contributed by atoms with van der Waals surface area (Å²) in [5.41, 5.74) is 0.213. The Morgan fingerprint density at radius 3 is 2.58 bits per heavy atom. The zero-order chi connectivity index (χ0) is 17.3. The van der Waals surface area contributed by atoms with Gasteiger partial charge in [-0.2, -0.15) is 0 Å². The van der Waals surface area contributed by atoms with E-state index >= 15 is 0 Å². The molecule has 0 unspecified atom stereocenters. The average molecular weight is 338 g/mol. The molecule has 1 aromatic carbocycles. The van der Waals surface area contributed by atoms with Crippen molar-refractivity contribution in [2.24, 2.45) is 0 Å². The third-order valence-corrected chi connectivity index (χ3v) is 4.77. The van der Waals surface area contributed by atoms with Crippen LogP contribution in [0.15, 0.2) is 18.2 Å². The van der Waals surface area contributed by atoms with E-state index in [1.54, 1.807) is 4.90 Å². The Labute approximate surface area is 141 Å². The smallest absolute Gasteiger partial charge is 0.254 e. The lowest BCUT2D eigenvalue weighted by atomic mass is 10.1. The first-order chi connectivity index (χ1) is 11.4. The largest absolute Gasteiger partial charge is 0.373 e. The van der Waals surface area contributed by atoms with E-state index in [9.17, 15) is 13.6 Å². The van der Waals surface area contributed by atoms with E-state index < -0.39 is 11.6 Å². The van der Waals surface area contributed by atoms with Gasteiger partial charge in [0.15, 0.2) is 11.6 Å². The van der Waals surface area contributed by atoms with E-state index in [0.29, 0.717) is 6.54 Å². The molecule has 2 saturated heterocycles. The maximum absolute atomic E-state index is 13.4. The first-order valence-electron chi connectivity index (χ1n) is 8.58.